The summed E-state index contributed by atoms with van der Waals surface area (Å²) in [4.78, 5) is 11.5. The van der Waals surface area contributed by atoms with Crippen molar-refractivity contribution in [3.8, 4) is 0 Å². The fourth-order valence-corrected chi connectivity index (χ4v) is 3.95. The summed E-state index contributed by atoms with van der Waals surface area (Å²) in [5.41, 5.74) is -0.672. The predicted molar refractivity (Wildman–Crippen MR) is 92.6 cm³/mol. The predicted octanol–water partition coefficient (Wildman–Crippen LogP) is 3.62. The maximum Gasteiger partial charge on any atom is 0.416 e. The molecule has 0 amide bonds. The lowest BCUT2D eigenvalue weighted by Gasteiger charge is -2.21. The van der Waals surface area contributed by atoms with Gasteiger partial charge < -0.3 is 4.74 Å². The number of methoxy groups -OCH3 is 1. The smallest absolute Gasteiger partial charge is 0.416 e. The Bertz CT molecular complexity index is 955. The van der Waals surface area contributed by atoms with Crippen molar-refractivity contribution in [1.29, 1.82) is 0 Å². The summed E-state index contributed by atoms with van der Waals surface area (Å²) < 4.78 is 70.6. The molecule has 2 rings (SSSR count). The molecule has 2 aromatic carbocycles. The number of carbonyl (C=O) groups excluding carboxylic acids is 1. The van der Waals surface area contributed by atoms with E-state index >= 15 is 0 Å². The molecule has 0 spiro atoms. The molecule has 0 aliphatic rings. The molecule has 0 saturated carbocycles. The van der Waals surface area contributed by atoms with Crippen molar-refractivity contribution in [2.24, 2.45) is 0 Å². The topological polar surface area (TPSA) is 63.7 Å². The third-order valence-corrected chi connectivity index (χ3v) is 5.96. The second-order valence-electron chi connectivity index (χ2n) is 5.89. The van der Waals surface area contributed by atoms with Crippen LogP contribution in [0.4, 0.5) is 13.2 Å². The zero-order valence-electron chi connectivity index (χ0n) is 14.9. The maximum absolute atomic E-state index is 13.1. The first-order valence-electron chi connectivity index (χ1n) is 7.79. The number of rotatable bonds is 5. The van der Waals surface area contributed by atoms with Gasteiger partial charge in [0.2, 0.25) is 10.0 Å². The number of carbonyl (C=O) groups is 1. The number of esters is 1. The molecule has 0 unspecified atom stereocenters. The van der Waals surface area contributed by atoms with Crippen LogP contribution in [0.3, 0.4) is 0 Å². The number of ether oxygens (including phenoxy) is 1. The van der Waals surface area contributed by atoms with Gasteiger partial charge in [-0.25, -0.2) is 13.2 Å². The molecule has 0 aromatic heterocycles. The van der Waals surface area contributed by atoms with Gasteiger partial charge in [0.1, 0.15) is 0 Å². The minimum absolute atomic E-state index is 0.0331. The highest BCUT2D eigenvalue weighted by atomic mass is 32.2. The van der Waals surface area contributed by atoms with E-state index in [-0.39, 0.29) is 16.0 Å². The third-order valence-electron chi connectivity index (χ3n) is 4.01. The monoisotopic (exact) mass is 401 g/mol. The summed E-state index contributed by atoms with van der Waals surface area (Å²) in [7, 11) is -1.79. The van der Waals surface area contributed by atoms with E-state index in [1.807, 2.05) is 0 Å². The van der Waals surface area contributed by atoms with Gasteiger partial charge in [0.15, 0.2) is 0 Å². The van der Waals surface area contributed by atoms with E-state index in [2.05, 4.69) is 4.74 Å². The molecule has 0 atom stereocenters. The van der Waals surface area contributed by atoms with Crippen molar-refractivity contribution in [3.63, 3.8) is 0 Å². The summed E-state index contributed by atoms with van der Waals surface area (Å²) >= 11 is 0. The van der Waals surface area contributed by atoms with Crippen molar-refractivity contribution in [2.75, 3.05) is 14.2 Å². The number of alkyl halides is 3. The van der Waals surface area contributed by atoms with Crippen LogP contribution in [0.2, 0.25) is 0 Å². The fourth-order valence-electron chi connectivity index (χ4n) is 2.55. The summed E-state index contributed by atoms with van der Waals surface area (Å²) in [6, 6.07) is 8.79. The highest BCUT2D eigenvalue weighted by Crippen LogP contribution is 2.33. The molecule has 0 radical (unpaired) electrons. The number of halogens is 3. The zero-order valence-corrected chi connectivity index (χ0v) is 15.7. The van der Waals surface area contributed by atoms with E-state index in [9.17, 15) is 26.4 Å². The van der Waals surface area contributed by atoms with Crippen molar-refractivity contribution in [1.82, 2.24) is 4.31 Å². The first-order valence-corrected chi connectivity index (χ1v) is 9.23. The van der Waals surface area contributed by atoms with Gasteiger partial charge in [0.25, 0.3) is 0 Å². The number of hydrogen-bond donors (Lipinski definition) is 0. The largest absolute Gasteiger partial charge is 0.465 e. The van der Waals surface area contributed by atoms with E-state index in [1.165, 1.54) is 44.3 Å². The van der Waals surface area contributed by atoms with E-state index in [0.29, 0.717) is 5.56 Å². The molecule has 0 bridgehead atoms. The quantitative estimate of drug-likeness (QED) is 0.718. The van der Waals surface area contributed by atoms with Crippen LogP contribution in [0.1, 0.15) is 27.0 Å². The Hall–Kier alpha value is -2.39. The lowest BCUT2D eigenvalue weighted by molar-refractivity contribution is -0.138. The SMILES string of the molecule is COC(=O)c1ccc(C)c(S(=O)(=O)N(C)Cc2ccccc2C(F)(F)F)c1. The van der Waals surface area contributed by atoms with Crippen molar-refractivity contribution >= 4 is 16.0 Å². The molecule has 0 N–H and O–H groups in total. The Kier molecular flexibility index (Phi) is 5.96. The summed E-state index contributed by atoms with van der Waals surface area (Å²) in [5, 5.41) is 0. The molecule has 146 valence electrons. The molecular formula is C18H18F3NO4S. The minimum atomic E-state index is -4.60. The number of nitrogens with zero attached hydrogens (tertiary/aromatic N) is 1. The zero-order chi connectivity index (χ0) is 20.4. The average molecular weight is 401 g/mol. The Morgan fingerprint density at radius 2 is 1.78 bits per heavy atom. The van der Waals surface area contributed by atoms with E-state index in [4.69, 9.17) is 0 Å². The standard InChI is InChI=1S/C18H18F3NO4S/c1-12-8-9-13(17(23)26-3)10-16(12)27(24,25)22(2)11-14-6-4-5-7-15(14)18(19,20)21/h4-10H,11H2,1-3H3. The molecule has 5 nitrogen and oxygen atoms in total. The number of benzene rings is 2. The minimum Gasteiger partial charge on any atom is -0.465 e. The second-order valence-corrected chi connectivity index (χ2v) is 7.90. The molecule has 27 heavy (non-hydrogen) atoms. The van der Waals surface area contributed by atoms with E-state index in [0.717, 1.165) is 23.5 Å². The Labute approximate surface area is 155 Å². The molecule has 0 heterocycles. The van der Waals surface area contributed by atoms with Gasteiger partial charge in [0.05, 0.1) is 23.1 Å². The Morgan fingerprint density at radius 1 is 1.15 bits per heavy atom. The van der Waals surface area contributed by atoms with Gasteiger partial charge in [-0.1, -0.05) is 24.3 Å². The van der Waals surface area contributed by atoms with Crippen LogP contribution in [0.5, 0.6) is 0 Å². The van der Waals surface area contributed by atoms with Crippen molar-refractivity contribution in [2.45, 2.75) is 24.5 Å². The van der Waals surface area contributed by atoms with Crippen LogP contribution < -0.4 is 0 Å². The van der Waals surface area contributed by atoms with Gasteiger partial charge in [0, 0.05) is 13.6 Å². The summed E-state index contributed by atoms with van der Waals surface area (Å²) in [6.07, 6.45) is -4.60. The van der Waals surface area contributed by atoms with E-state index < -0.39 is 34.3 Å². The lowest BCUT2D eigenvalue weighted by Crippen LogP contribution is -2.28. The van der Waals surface area contributed by atoms with Gasteiger partial charge in [-0.2, -0.15) is 17.5 Å². The highest BCUT2D eigenvalue weighted by molar-refractivity contribution is 7.89. The fraction of sp³-hybridized carbons (Fsp3) is 0.278. The molecule has 0 aliphatic carbocycles. The van der Waals surface area contributed by atoms with Gasteiger partial charge >= 0.3 is 12.1 Å². The van der Waals surface area contributed by atoms with Gasteiger partial charge in [-0.15, -0.1) is 0 Å². The molecule has 2 aromatic rings. The Morgan fingerprint density at radius 3 is 2.37 bits per heavy atom. The van der Waals surface area contributed by atoms with Crippen molar-refractivity contribution in [3.05, 3.63) is 64.7 Å². The lowest BCUT2D eigenvalue weighted by atomic mass is 10.1. The molecule has 9 heteroatoms. The number of sulfonamides is 1. The van der Waals surface area contributed by atoms with Crippen LogP contribution in [0, 0.1) is 6.92 Å². The van der Waals surface area contributed by atoms with Crippen LogP contribution in [-0.2, 0) is 27.5 Å². The van der Waals surface area contributed by atoms with Gasteiger partial charge in [-0.05, 0) is 36.2 Å². The van der Waals surface area contributed by atoms with Gasteiger partial charge in [-0.3, -0.25) is 0 Å². The normalized spacial score (nSPS) is 12.3. The molecule has 0 fully saturated rings. The Balaban J connectivity index is 2.43. The number of hydrogen-bond acceptors (Lipinski definition) is 4. The first-order chi connectivity index (χ1) is 12.5. The third kappa shape index (κ3) is 4.48. The van der Waals surface area contributed by atoms with Crippen LogP contribution in [0.25, 0.3) is 0 Å². The van der Waals surface area contributed by atoms with Crippen LogP contribution >= 0.6 is 0 Å². The maximum atomic E-state index is 13.1. The molecule has 0 aliphatic heterocycles. The van der Waals surface area contributed by atoms with Crippen LogP contribution in [0.15, 0.2) is 47.4 Å². The first kappa shape index (κ1) is 20.9. The van der Waals surface area contributed by atoms with E-state index in [1.54, 1.807) is 0 Å². The number of aryl methyl sites for hydroxylation is 1. The summed E-state index contributed by atoms with van der Waals surface area (Å²) in [5.74, 6) is -0.712. The molecule has 0 saturated heterocycles. The highest BCUT2D eigenvalue weighted by Gasteiger charge is 2.34. The summed E-state index contributed by atoms with van der Waals surface area (Å²) in [6.45, 7) is 1.06. The second kappa shape index (κ2) is 7.69. The molecular weight excluding hydrogens is 383 g/mol. The van der Waals surface area contributed by atoms with Crippen LogP contribution in [-0.4, -0.2) is 32.8 Å². The van der Waals surface area contributed by atoms with Crippen molar-refractivity contribution < 1.29 is 31.1 Å². The average Bonchev–Trinajstić information content (AvgIpc) is 2.60.